The first-order valence-electron chi connectivity index (χ1n) is 9.74. The second kappa shape index (κ2) is 8.84. The molecule has 1 aliphatic carbocycles. The molecule has 1 amide bonds. The molecule has 1 saturated carbocycles. The molecule has 0 unspecified atom stereocenters. The van der Waals surface area contributed by atoms with Crippen molar-refractivity contribution >= 4 is 11.9 Å². The van der Waals surface area contributed by atoms with Crippen molar-refractivity contribution in [3.63, 3.8) is 0 Å². The van der Waals surface area contributed by atoms with Crippen LogP contribution in [0.4, 0.5) is 0 Å². The lowest BCUT2D eigenvalue weighted by molar-refractivity contribution is -0.146. The first-order valence-corrected chi connectivity index (χ1v) is 9.74. The van der Waals surface area contributed by atoms with Crippen LogP contribution in [0.25, 0.3) is 0 Å². The summed E-state index contributed by atoms with van der Waals surface area (Å²) in [6.45, 7) is 8.26. The van der Waals surface area contributed by atoms with E-state index in [2.05, 4.69) is 17.1 Å². The normalized spacial score (nSPS) is 29.0. The average Bonchev–Trinajstić information content (AvgIpc) is 2.89. The van der Waals surface area contributed by atoms with Gasteiger partial charge >= 0.3 is 5.97 Å². The van der Waals surface area contributed by atoms with Gasteiger partial charge in [0.2, 0.25) is 5.91 Å². The maximum absolute atomic E-state index is 13.0. The minimum Gasteiger partial charge on any atom is -0.465 e. The zero-order valence-electron chi connectivity index (χ0n) is 15.7. The zero-order chi connectivity index (χ0) is 17.7. The standard InChI is InChI=1S/C19H34N2O3/c1-5-9-16(19(23)24-6-2)20-14(4)18(22)21-13(3)12-15-10-7-8-11-17(15)21/h13-17,20H,5-12H2,1-4H3/t13-,14-,15+,16-,17+/m1/s1. The van der Waals surface area contributed by atoms with E-state index in [0.717, 1.165) is 19.3 Å². The number of hydrogen-bond donors (Lipinski definition) is 1. The van der Waals surface area contributed by atoms with Crippen molar-refractivity contribution in [3.05, 3.63) is 0 Å². The van der Waals surface area contributed by atoms with E-state index in [0.29, 0.717) is 31.0 Å². The molecule has 24 heavy (non-hydrogen) atoms. The van der Waals surface area contributed by atoms with E-state index in [1.807, 2.05) is 20.8 Å². The maximum atomic E-state index is 13.0. The Morgan fingerprint density at radius 1 is 1.25 bits per heavy atom. The number of nitrogens with zero attached hydrogens (tertiary/aromatic N) is 1. The third kappa shape index (κ3) is 4.29. The lowest BCUT2D eigenvalue weighted by Crippen LogP contribution is -2.54. The van der Waals surface area contributed by atoms with Crippen LogP contribution in [0.5, 0.6) is 0 Å². The van der Waals surface area contributed by atoms with E-state index in [4.69, 9.17) is 4.74 Å². The van der Waals surface area contributed by atoms with Crippen molar-refractivity contribution in [2.75, 3.05) is 6.61 Å². The van der Waals surface area contributed by atoms with Gasteiger partial charge in [0, 0.05) is 12.1 Å². The summed E-state index contributed by atoms with van der Waals surface area (Å²) in [5.41, 5.74) is 0. The molecule has 0 radical (unpaired) electrons. The second-order valence-corrected chi connectivity index (χ2v) is 7.42. The molecular formula is C19H34N2O3. The molecule has 5 atom stereocenters. The van der Waals surface area contributed by atoms with Gasteiger partial charge in [-0.1, -0.05) is 26.2 Å². The van der Waals surface area contributed by atoms with E-state index < -0.39 is 6.04 Å². The molecule has 0 spiro atoms. The Labute approximate surface area is 146 Å². The summed E-state index contributed by atoms with van der Waals surface area (Å²) in [5.74, 6) is 0.563. The summed E-state index contributed by atoms with van der Waals surface area (Å²) in [5, 5.41) is 3.23. The molecule has 1 saturated heterocycles. The third-order valence-corrected chi connectivity index (χ3v) is 5.57. The topological polar surface area (TPSA) is 58.6 Å². The highest BCUT2D eigenvalue weighted by Crippen LogP contribution is 2.39. The number of carbonyl (C=O) groups is 2. The Hall–Kier alpha value is -1.10. The average molecular weight is 338 g/mol. The first-order chi connectivity index (χ1) is 11.5. The molecule has 0 aromatic rings. The number of fused-ring (bicyclic) bond motifs is 1. The van der Waals surface area contributed by atoms with Crippen LogP contribution in [0.3, 0.4) is 0 Å². The number of rotatable bonds is 7. The van der Waals surface area contributed by atoms with Gasteiger partial charge in [0.15, 0.2) is 0 Å². The highest BCUT2D eigenvalue weighted by atomic mass is 16.5. The van der Waals surface area contributed by atoms with Crippen LogP contribution < -0.4 is 5.32 Å². The number of likely N-dealkylation sites (tertiary alicyclic amines) is 1. The van der Waals surface area contributed by atoms with E-state index >= 15 is 0 Å². The number of nitrogens with one attached hydrogen (secondary N) is 1. The maximum Gasteiger partial charge on any atom is 0.323 e. The van der Waals surface area contributed by atoms with Crippen LogP contribution in [0.15, 0.2) is 0 Å². The zero-order valence-corrected chi connectivity index (χ0v) is 15.7. The number of amides is 1. The number of ether oxygens (including phenoxy) is 1. The molecule has 5 nitrogen and oxygen atoms in total. The van der Waals surface area contributed by atoms with Gasteiger partial charge in [0.05, 0.1) is 12.6 Å². The molecule has 138 valence electrons. The summed E-state index contributed by atoms with van der Waals surface area (Å²) in [6, 6.07) is -0.0390. The van der Waals surface area contributed by atoms with Crippen LogP contribution in [-0.2, 0) is 14.3 Å². The smallest absolute Gasteiger partial charge is 0.323 e. The van der Waals surface area contributed by atoms with Crippen LogP contribution in [0, 0.1) is 5.92 Å². The Kier molecular flexibility index (Phi) is 7.08. The minimum absolute atomic E-state index is 0.141. The van der Waals surface area contributed by atoms with Gasteiger partial charge in [0.25, 0.3) is 0 Å². The fourth-order valence-corrected chi connectivity index (χ4v) is 4.49. The summed E-state index contributed by atoms with van der Waals surface area (Å²) in [6.07, 6.45) is 7.59. The summed E-state index contributed by atoms with van der Waals surface area (Å²) in [4.78, 5) is 27.2. The quantitative estimate of drug-likeness (QED) is 0.725. The highest BCUT2D eigenvalue weighted by Gasteiger charge is 2.43. The summed E-state index contributed by atoms with van der Waals surface area (Å²) < 4.78 is 5.14. The van der Waals surface area contributed by atoms with Crippen LogP contribution in [-0.4, -0.2) is 47.6 Å². The molecule has 2 aliphatic rings. The molecule has 0 bridgehead atoms. The summed E-state index contributed by atoms with van der Waals surface area (Å²) >= 11 is 0. The predicted octanol–water partition coefficient (Wildman–Crippen LogP) is 2.88. The molecule has 2 fully saturated rings. The van der Waals surface area contributed by atoms with Crippen molar-refractivity contribution in [1.29, 1.82) is 0 Å². The van der Waals surface area contributed by atoms with E-state index in [9.17, 15) is 9.59 Å². The van der Waals surface area contributed by atoms with Crippen LogP contribution >= 0.6 is 0 Å². The molecule has 5 heteroatoms. The fraction of sp³-hybridized carbons (Fsp3) is 0.895. The molecule has 0 aromatic heterocycles. The van der Waals surface area contributed by atoms with Crippen molar-refractivity contribution in [3.8, 4) is 0 Å². The number of carbonyl (C=O) groups excluding carboxylic acids is 2. The Morgan fingerprint density at radius 3 is 2.62 bits per heavy atom. The Balaban J connectivity index is 2.00. The van der Waals surface area contributed by atoms with Crippen molar-refractivity contribution in [2.45, 2.75) is 96.8 Å². The molecule has 0 aromatic carbocycles. The number of esters is 1. The van der Waals surface area contributed by atoms with Gasteiger partial charge in [-0.2, -0.15) is 0 Å². The minimum atomic E-state index is -0.394. The van der Waals surface area contributed by atoms with Crippen LogP contribution in [0.2, 0.25) is 0 Å². The van der Waals surface area contributed by atoms with Gasteiger partial charge in [-0.15, -0.1) is 0 Å². The van der Waals surface area contributed by atoms with E-state index in [-0.39, 0.29) is 17.9 Å². The largest absolute Gasteiger partial charge is 0.465 e. The second-order valence-electron chi connectivity index (χ2n) is 7.42. The summed E-state index contributed by atoms with van der Waals surface area (Å²) in [7, 11) is 0. The highest BCUT2D eigenvalue weighted by molar-refractivity contribution is 5.84. The molecule has 2 rings (SSSR count). The fourth-order valence-electron chi connectivity index (χ4n) is 4.49. The van der Waals surface area contributed by atoms with Gasteiger partial charge < -0.3 is 9.64 Å². The van der Waals surface area contributed by atoms with E-state index in [1.165, 1.54) is 19.3 Å². The lowest BCUT2D eigenvalue weighted by Gasteiger charge is -2.35. The molecule has 1 aliphatic heterocycles. The lowest BCUT2D eigenvalue weighted by atomic mass is 9.85. The van der Waals surface area contributed by atoms with Crippen LogP contribution in [0.1, 0.15) is 72.6 Å². The molecule has 1 heterocycles. The third-order valence-electron chi connectivity index (χ3n) is 5.57. The number of hydrogen-bond acceptors (Lipinski definition) is 4. The van der Waals surface area contributed by atoms with Crippen molar-refractivity contribution in [1.82, 2.24) is 10.2 Å². The van der Waals surface area contributed by atoms with Crippen molar-refractivity contribution < 1.29 is 14.3 Å². The van der Waals surface area contributed by atoms with E-state index in [1.54, 1.807) is 0 Å². The van der Waals surface area contributed by atoms with Gasteiger partial charge in [0.1, 0.15) is 6.04 Å². The molecule has 1 N–H and O–H groups in total. The van der Waals surface area contributed by atoms with Gasteiger partial charge in [-0.05, 0) is 52.4 Å². The molecular weight excluding hydrogens is 304 g/mol. The first kappa shape index (κ1) is 19.2. The Bertz CT molecular complexity index is 440. The monoisotopic (exact) mass is 338 g/mol. The predicted molar refractivity (Wildman–Crippen MR) is 94.6 cm³/mol. The SMILES string of the molecule is CCC[C@@H](N[C@H](C)C(=O)N1[C@H](C)C[C@@H]2CCCC[C@@H]21)C(=O)OCC. The van der Waals surface area contributed by atoms with Gasteiger partial charge in [-0.3, -0.25) is 14.9 Å². The van der Waals surface area contributed by atoms with Gasteiger partial charge in [-0.25, -0.2) is 0 Å². The Morgan fingerprint density at radius 2 is 1.96 bits per heavy atom. The van der Waals surface area contributed by atoms with Crippen molar-refractivity contribution in [2.24, 2.45) is 5.92 Å².